The normalized spacial score (nSPS) is 10.8. The van der Waals surface area contributed by atoms with Crippen molar-refractivity contribution in [3.63, 3.8) is 0 Å². The van der Waals surface area contributed by atoms with Crippen molar-refractivity contribution in [1.82, 2.24) is 20.2 Å². The van der Waals surface area contributed by atoms with Crippen molar-refractivity contribution < 1.29 is 14.3 Å². The van der Waals surface area contributed by atoms with Crippen LogP contribution in [0.4, 0.5) is 5.69 Å². The molecule has 3 rings (SSSR count). The monoisotopic (exact) mass is 365 g/mol. The first kappa shape index (κ1) is 18.1. The number of aryl methyl sites for hydroxylation is 1. The van der Waals surface area contributed by atoms with Crippen molar-refractivity contribution in [2.24, 2.45) is 0 Å². The van der Waals surface area contributed by atoms with Gasteiger partial charge in [-0.3, -0.25) is 4.79 Å². The first-order valence-electron chi connectivity index (χ1n) is 8.17. The molecular formula is C19H19N5O3. The van der Waals surface area contributed by atoms with Crippen molar-refractivity contribution in [3.05, 3.63) is 59.9 Å². The van der Waals surface area contributed by atoms with E-state index in [-0.39, 0.29) is 5.91 Å². The van der Waals surface area contributed by atoms with Crippen LogP contribution >= 0.6 is 0 Å². The standard InChI is InChI=1S/C19H19N5O3/c1-13-21-22-23-24(13)17-12-15(8-9-18(17)27-3)20-19(25)10-7-14-5-4-6-16(11-14)26-2/h4-12H,1-3H3,(H,20,25)/b10-7+. The molecule has 3 aromatic rings. The highest BCUT2D eigenvalue weighted by Gasteiger charge is 2.11. The molecule has 0 fully saturated rings. The summed E-state index contributed by atoms with van der Waals surface area (Å²) in [5, 5.41) is 14.3. The maximum absolute atomic E-state index is 12.3. The summed E-state index contributed by atoms with van der Waals surface area (Å²) in [6, 6.07) is 12.7. The second kappa shape index (κ2) is 8.13. The minimum Gasteiger partial charge on any atom is -0.497 e. The van der Waals surface area contributed by atoms with Gasteiger partial charge in [0.05, 0.1) is 14.2 Å². The Morgan fingerprint density at radius 3 is 2.70 bits per heavy atom. The SMILES string of the molecule is COc1cccc(/C=C/C(=O)Nc2ccc(OC)c(-n3nnnc3C)c2)c1. The molecule has 27 heavy (non-hydrogen) atoms. The van der Waals surface area contributed by atoms with E-state index in [1.165, 1.54) is 6.08 Å². The number of ether oxygens (including phenoxy) is 2. The van der Waals surface area contributed by atoms with E-state index in [0.717, 1.165) is 11.3 Å². The largest absolute Gasteiger partial charge is 0.497 e. The molecule has 2 aromatic carbocycles. The van der Waals surface area contributed by atoms with Crippen LogP contribution in [0.25, 0.3) is 11.8 Å². The summed E-state index contributed by atoms with van der Waals surface area (Å²) in [7, 11) is 3.16. The van der Waals surface area contributed by atoms with Gasteiger partial charge < -0.3 is 14.8 Å². The number of methoxy groups -OCH3 is 2. The molecule has 1 aromatic heterocycles. The van der Waals surface area contributed by atoms with E-state index in [1.807, 2.05) is 24.3 Å². The van der Waals surface area contributed by atoms with Crippen LogP contribution in [-0.2, 0) is 4.79 Å². The molecule has 0 saturated heterocycles. The van der Waals surface area contributed by atoms with Crippen LogP contribution in [-0.4, -0.2) is 40.3 Å². The van der Waals surface area contributed by atoms with E-state index in [1.54, 1.807) is 50.1 Å². The third-order valence-electron chi connectivity index (χ3n) is 3.82. The number of hydrogen-bond acceptors (Lipinski definition) is 6. The molecule has 8 heteroatoms. The van der Waals surface area contributed by atoms with Gasteiger partial charge in [-0.15, -0.1) is 5.10 Å². The van der Waals surface area contributed by atoms with Crippen LogP contribution < -0.4 is 14.8 Å². The summed E-state index contributed by atoms with van der Waals surface area (Å²) in [5.41, 5.74) is 2.10. The molecule has 1 heterocycles. The minimum atomic E-state index is -0.262. The van der Waals surface area contributed by atoms with Crippen molar-refractivity contribution in [2.45, 2.75) is 6.92 Å². The van der Waals surface area contributed by atoms with E-state index >= 15 is 0 Å². The first-order valence-corrected chi connectivity index (χ1v) is 8.17. The molecule has 0 aliphatic carbocycles. The van der Waals surface area contributed by atoms with Crippen LogP contribution in [0.5, 0.6) is 11.5 Å². The van der Waals surface area contributed by atoms with Crippen molar-refractivity contribution in [3.8, 4) is 17.2 Å². The predicted octanol–water partition coefficient (Wildman–Crippen LogP) is 2.64. The lowest BCUT2D eigenvalue weighted by molar-refractivity contribution is -0.111. The fourth-order valence-corrected chi connectivity index (χ4v) is 2.49. The number of tetrazole rings is 1. The lowest BCUT2D eigenvalue weighted by atomic mass is 10.2. The number of carbonyl (C=O) groups is 1. The highest BCUT2D eigenvalue weighted by Crippen LogP contribution is 2.26. The Morgan fingerprint density at radius 2 is 2.00 bits per heavy atom. The molecule has 0 saturated carbocycles. The minimum absolute atomic E-state index is 0.262. The summed E-state index contributed by atoms with van der Waals surface area (Å²) < 4.78 is 12.1. The second-order valence-corrected chi connectivity index (χ2v) is 5.62. The second-order valence-electron chi connectivity index (χ2n) is 5.62. The van der Waals surface area contributed by atoms with Gasteiger partial charge in [0.15, 0.2) is 5.82 Å². The highest BCUT2D eigenvalue weighted by molar-refractivity contribution is 6.02. The molecule has 0 atom stereocenters. The van der Waals surface area contributed by atoms with Gasteiger partial charge in [0.2, 0.25) is 5.91 Å². The Kier molecular flexibility index (Phi) is 5.46. The van der Waals surface area contributed by atoms with Gasteiger partial charge in [-0.2, -0.15) is 4.68 Å². The summed E-state index contributed by atoms with van der Waals surface area (Å²) in [4.78, 5) is 12.3. The van der Waals surface area contributed by atoms with E-state index in [0.29, 0.717) is 22.9 Å². The Balaban J connectivity index is 1.78. The van der Waals surface area contributed by atoms with E-state index in [9.17, 15) is 4.79 Å². The fraction of sp³-hybridized carbons (Fsp3) is 0.158. The van der Waals surface area contributed by atoms with E-state index in [4.69, 9.17) is 9.47 Å². The van der Waals surface area contributed by atoms with Gasteiger partial charge in [-0.05, 0) is 59.3 Å². The molecule has 0 radical (unpaired) electrons. The number of amides is 1. The number of rotatable bonds is 6. The van der Waals surface area contributed by atoms with Crippen molar-refractivity contribution in [1.29, 1.82) is 0 Å². The van der Waals surface area contributed by atoms with Crippen LogP contribution in [0.1, 0.15) is 11.4 Å². The number of nitrogens with zero attached hydrogens (tertiary/aromatic N) is 4. The van der Waals surface area contributed by atoms with E-state index < -0.39 is 0 Å². The lowest BCUT2D eigenvalue weighted by Gasteiger charge is -2.11. The Labute approximate surface area is 156 Å². The van der Waals surface area contributed by atoms with Crippen LogP contribution in [0.15, 0.2) is 48.5 Å². The molecule has 0 aliphatic heterocycles. The number of benzene rings is 2. The summed E-state index contributed by atoms with van der Waals surface area (Å²) in [5.74, 6) is 1.67. The van der Waals surface area contributed by atoms with Gasteiger partial charge in [0.25, 0.3) is 0 Å². The third-order valence-corrected chi connectivity index (χ3v) is 3.82. The smallest absolute Gasteiger partial charge is 0.248 e. The summed E-state index contributed by atoms with van der Waals surface area (Å²) in [6.45, 7) is 1.78. The topological polar surface area (TPSA) is 91.2 Å². The zero-order chi connectivity index (χ0) is 19.2. The lowest BCUT2D eigenvalue weighted by Crippen LogP contribution is -2.09. The van der Waals surface area contributed by atoms with Crippen LogP contribution in [0, 0.1) is 6.92 Å². The summed E-state index contributed by atoms with van der Waals surface area (Å²) in [6.07, 6.45) is 3.18. The number of anilines is 1. The molecule has 138 valence electrons. The highest BCUT2D eigenvalue weighted by atomic mass is 16.5. The Bertz CT molecular complexity index is 981. The van der Waals surface area contributed by atoms with Gasteiger partial charge in [0, 0.05) is 11.8 Å². The third kappa shape index (κ3) is 4.30. The van der Waals surface area contributed by atoms with Crippen molar-refractivity contribution >= 4 is 17.7 Å². The fourth-order valence-electron chi connectivity index (χ4n) is 2.49. The zero-order valence-electron chi connectivity index (χ0n) is 15.2. The van der Waals surface area contributed by atoms with Gasteiger partial charge >= 0.3 is 0 Å². The number of nitrogens with one attached hydrogen (secondary N) is 1. The van der Waals surface area contributed by atoms with Gasteiger partial charge in [-0.25, -0.2) is 0 Å². The molecular weight excluding hydrogens is 346 g/mol. The first-order chi connectivity index (χ1) is 13.1. The zero-order valence-corrected chi connectivity index (χ0v) is 15.2. The van der Waals surface area contributed by atoms with Gasteiger partial charge in [-0.1, -0.05) is 12.1 Å². The number of carbonyl (C=O) groups excluding carboxylic acids is 1. The van der Waals surface area contributed by atoms with E-state index in [2.05, 4.69) is 20.8 Å². The number of aromatic nitrogens is 4. The van der Waals surface area contributed by atoms with Gasteiger partial charge in [0.1, 0.15) is 17.2 Å². The molecule has 1 N–H and O–H groups in total. The molecule has 1 amide bonds. The summed E-state index contributed by atoms with van der Waals surface area (Å²) >= 11 is 0. The van der Waals surface area contributed by atoms with Crippen LogP contribution in [0.3, 0.4) is 0 Å². The molecule has 0 unspecified atom stereocenters. The maximum Gasteiger partial charge on any atom is 0.248 e. The quantitative estimate of drug-likeness (QED) is 0.675. The Hall–Kier alpha value is -3.68. The molecule has 8 nitrogen and oxygen atoms in total. The number of hydrogen-bond donors (Lipinski definition) is 1. The average molecular weight is 365 g/mol. The molecule has 0 spiro atoms. The maximum atomic E-state index is 12.3. The molecule has 0 bridgehead atoms. The van der Waals surface area contributed by atoms with Crippen LogP contribution in [0.2, 0.25) is 0 Å². The molecule has 0 aliphatic rings. The predicted molar refractivity (Wildman–Crippen MR) is 101 cm³/mol. The Morgan fingerprint density at radius 1 is 1.15 bits per heavy atom. The average Bonchev–Trinajstić information content (AvgIpc) is 3.12. The van der Waals surface area contributed by atoms with Crippen molar-refractivity contribution in [2.75, 3.05) is 19.5 Å².